The molecule has 2 amide bonds. The van der Waals surface area contributed by atoms with Gasteiger partial charge in [-0.1, -0.05) is 6.07 Å². The number of alkyl halides is 3. The van der Waals surface area contributed by atoms with Crippen LogP contribution in [0, 0.1) is 6.92 Å². The fraction of sp³-hybridized carbons (Fsp3) is 0.429. The van der Waals surface area contributed by atoms with Crippen LogP contribution in [0.15, 0.2) is 30.5 Å². The molecule has 0 saturated carbocycles. The molecule has 2 N–H and O–H groups in total. The highest BCUT2D eigenvalue weighted by Crippen LogP contribution is 2.31. The van der Waals surface area contributed by atoms with Gasteiger partial charge < -0.3 is 15.4 Å². The Kier molecular flexibility index (Phi) is 6.77. The first kappa shape index (κ1) is 22.5. The number of benzene rings is 1. The Bertz CT molecular complexity index is 965. The molecule has 1 atom stereocenters. The zero-order valence-electron chi connectivity index (χ0n) is 17.0. The average molecular weight is 436 g/mol. The lowest BCUT2D eigenvalue weighted by molar-refractivity contribution is -0.137. The molecule has 1 saturated heterocycles. The van der Waals surface area contributed by atoms with Crippen LogP contribution in [0.1, 0.15) is 52.6 Å². The number of aromatic nitrogens is 2. The van der Waals surface area contributed by atoms with Crippen LogP contribution < -0.4 is 10.5 Å². The van der Waals surface area contributed by atoms with E-state index in [1.54, 1.807) is 11.8 Å². The van der Waals surface area contributed by atoms with E-state index < -0.39 is 17.6 Å². The smallest absolute Gasteiger partial charge is 0.416 e. The van der Waals surface area contributed by atoms with Crippen LogP contribution in [0.5, 0.6) is 5.75 Å². The van der Waals surface area contributed by atoms with Crippen molar-refractivity contribution >= 4 is 11.8 Å². The van der Waals surface area contributed by atoms with Crippen molar-refractivity contribution in [1.29, 1.82) is 0 Å². The number of ether oxygens (including phenoxy) is 1. The molecule has 1 aromatic heterocycles. The van der Waals surface area contributed by atoms with Gasteiger partial charge >= 0.3 is 6.18 Å². The minimum Gasteiger partial charge on any atom is -0.494 e. The van der Waals surface area contributed by atoms with Crippen molar-refractivity contribution in [3.8, 4) is 5.75 Å². The standard InChI is InChI=1S/C21H23F3N4O3/c1-13-17(19(25)30)11-26-20(27-13)14-7-8-28(12-14)18(29)6-3-9-31-16-5-2-4-15(10-16)21(22,23)24/h2,4-5,10-11,14H,3,6-9,12H2,1H3,(H2,25,30). The molecule has 0 radical (unpaired) electrons. The maximum absolute atomic E-state index is 12.7. The van der Waals surface area contributed by atoms with Crippen LogP contribution in [0.4, 0.5) is 13.2 Å². The number of primary amides is 1. The molecule has 1 aliphatic heterocycles. The third kappa shape index (κ3) is 5.71. The van der Waals surface area contributed by atoms with Gasteiger partial charge in [-0.3, -0.25) is 9.59 Å². The maximum Gasteiger partial charge on any atom is 0.416 e. The van der Waals surface area contributed by atoms with Gasteiger partial charge in [0.15, 0.2) is 0 Å². The number of hydrogen-bond donors (Lipinski definition) is 1. The van der Waals surface area contributed by atoms with Gasteiger partial charge in [0.2, 0.25) is 5.91 Å². The number of rotatable bonds is 7. The molecule has 1 aromatic carbocycles. The van der Waals surface area contributed by atoms with Crippen molar-refractivity contribution < 1.29 is 27.5 Å². The predicted molar refractivity (Wildman–Crippen MR) is 105 cm³/mol. The number of amides is 2. The van der Waals surface area contributed by atoms with Crippen molar-refractivity contribution in [3.05, 3.63) is 53.1 Å². The molecule has 2 aromatic rings. The molecule has 1 unspecified atom stereocenters. The van der Waals surface area contributed by atoms with Crippen LogP contribution in [0.25, 0.3) is 0 Å². The van der Waals surface area contributed by atoms with E-state index in [-0.39, 0.29) is 36.2 Å². The zero-order valence-corrected chi connectivity index (χ0v) is 17.0. The lowest BCUT2D eigenvalue weighted by Crippen LogP contribution is -2.28. The van der Waals surface area contributed by atoms with Crippen LogP contribution in [0.3, 0.4) is 0 Å². The number of halogens is 3. The summed E-state index contributed by atoms with van der Waals surface area (Å²) in [4.78, 5) is 34.0. The molecule has 31 heavy (non-hydrogen) atoms. The third-order valence-corrected chi connectivity index (χ3v) is 5.13. The molecular formula is C21H23F3N4O3. The Labute approximate surface area is 177 Å². The number of carbonyl (C=O) groups excluding carboxylic acids is 2. The van der Waals surface area contributed by atoms with Gasteiger partial charge in [0.25, 0.3) is 5.91 Å². The van der Waals surface area contributed by atoms with Crippen molar-refractivity contribution in [3.63, 3.8) is 0 Å². The highest BCUT2D eigenvalue weighted by Gasteiger charge is 2.31. The second-order valence-corrected chi connectivity index (χ2v) is 7.39. The Hall–Kier alpha value is -3.17. The molecule has 0 bridgehead atoms. The van der Waals surface area contributed by atoms with E-state index in [0.717, 1.165) is 12.1 Å². The largest absolute Gasteiger partial charge is 0.494 e. The molecule has 2 heterocycles. The van der Waals surface area contributed by atoms with Gasteiger partial charge in [-0.15, -0.1) is 0 Å². The van der Waals surface area contributed by atoms with Crippen molar-refractivity contribution in [2.24, 2.45) is 5.73 Å². The van der Waals surface area contributed by atoms with E-state index in [0.29, 0.717) is 37.4 Å². The molecule has 3 rings (SSSR count). The topological polar surface area (TPSA) is 98.4 Å². The molecule has 0 spiro atoms. The van der Waals surface area contributed by atoms with Crippen molar-refractivity contribution in [2.75, 3.05) is 19.7 Å². The Morgan fingerprint density at radius 1 is 1.32 bits per heavy atom. The van der Waals surface area contributed by atoms with Crippen molar-refractivity contribution in [2.45, 2.75) is 38.3 Å². The zero-order chi connectivity index (χ0) is 22.6. The molecule has 166 valence electrons. The summed E-state index contributed by atoms with van der Waals surface area (Å²) in [5.74, 6) is 0.0345. The third-order valence-electron chi connectivity index (χ3n) is 5.13. The number of hydrogen-bond acceptors (Lipinski definition) is 5. The Morgan fingerprint density at radius 2 is 2.10 bits per heavy atom. The molecule has 1 aliphatic rings. The van der Waals surface area contributed by atoms with Crippen LogP contribution in [-0.2, 0) is 11.0 Å². The van der Waals surface area contributed by atoms with Gasteiger partial charge in [0.05, 0.1) is 23.4 Å². The average Bonchev–Trinajstić information content (AvgIpc) is 3.21. The minimum atomic E-state index is -4.43. The number of aryl methyl sites for hydroxylation is 1. The SMILES string of the molecule is Cc1nc(C2CCN(C(=O)CCCOc3cccc(C(F)(F)F)c3)C2)ncc1C(N)=O. The minimum absolute atomic E-state index is 0.0223. The molecular weight excluding hydrogens is 413 g/mol. The summed E-state index contributed by atoms with van der Waals surface area (Å²) >= 11 is 0. The normalized spacial score (nSPS) is 16.4. The van der Waals surface area contributed by atoms with E-state index in [4.69, 9.17) is 10.5 Å². The lowest BCUT2D eigenvalue weighted by Gasteiger charge is -2.16. The fourth-order valence-corrected chi connectivity index (χ4v) is 3.45. The Balaban J connectivity index is 1.46. The summed E-state index contributed by atoms with van der Waals surface area (Å²) in [5, 5.41) is 0. The molecule has 1 fully saturated rings. The second kappa shape index (κ2) is 9.32. The maximum atomic E-state index is 12.7. The van der Waals surface area contributed by atoms with Gasteiger partial charge in [0.1, 0.15) is 11.6 Å². The number of nitrogens with zero attached hydrogens (tertiary/aromatic N) is 3. The summed E-state index contributed by atoms with van der Waals surface area (Å²) in [7, 11) is 0. The quantitative estimate of drug-likeness (QED) is 0.673. The highest BCUT2D eigenvalue weighted by atomic mass is 19.4. The first-order valence-electron chi connectivity index (χ1n) is 9.86. The first-order valence-corrected chi connectivity index (χ1v) is 9.86. The monoisotopic (exact) mass is 436 g/mol. The summed E-state index contributed by atoms with van der Waals surface area (Å²) in [6.45, 7) is 2.87. The van der Waals surface area contributed by atoms with Crippen LogP contribution in [0.2, 0.25) is 0 Å². The van der Waals surface area contributed by atoms with Gasteiger partial charge in [-0.2, -0.15) is 13.2 Å². The number of nitrogens with two attached hydrogens (primary N) is 1. The summed E-state index contributed by atoms with van der Waals surface area (Å²) in [5.41, 5.74) is 5.28. The van der Waals surface area contributed by atoms with E-state index in [1.807, 2.05) is 0 Å². The summed E-state index contributed by atoms with van der Waals surface area (Å²) in [6.07, 6.45) is -1.69. The van der Waals surface area contributed by atoms with Gasteiger partial charge in [-0.25, -0.2) is 9.97 Å². The fourth-order valence-electron chi connectivity index (χ4n) is 3.45. The van der Waals surface area contributed by atoms with Crippen LogP contribution in [-0.4, -0.2) is 46.4 Å². The van der Waals surface area contributed by atoms with E-state index in [1.165, 1.54) is 18.3 Å². The molecule has 0 aliphatic carbocycles. The van der Waals surface area contributed by atoms with Gasteiger partial charge in [0, 0.05) is 31.6 Å². The van der Waals surface area contributed by atoms with Crippen molar-refractivity contribution in [1.82, 2.24) is 14.9 Å². The van der Waals surface area contributed by atoms with E-state index >= 15 is 0 Å². The number of carbonyl (C=O) groups is 2. The predicted octanol–water partition coefficient (Wildman–Crippen LogP) is 3.08. The molecule has 10 heteroatoms. The van der Waals surface area contributed by atoms with Crippen LogP contribution >= 0.6 is 0 Å². The second-order valence-electron chi connectivity index (χ2n) is 7.39. The summed E-state index contributed by atoms with van der Waals surface area (Å²) < 4.78 is 43.6. The Morgan fingerprint density at radius 3 is 2.77 bits per heavy atom. The lowest BCUT2D eigenvalue weighted by atomic mass is 10.1. The number of likely N-dealkylation sites (tertiary alicyclic amines) is 1. The summed E-state index contributed by atoms with van der Waals surface area (Å²) in [6, 6.07) is 4.66. The van der Waals surface area contributed by atoms with E-state index in [2.05, 4.69) is 9.97 Å². The highest BCUT2D eigenvalue weighted by molar-refractivity contribution is 5.93. The van der Waals surface area contributed by atoms with E-state index in [9.17, 15) is 22.8 Å². The van der Waals surface area contributed by atoms with Gasteiger partial charge in [-0.05, 0) is 38.0 Å². The first-order chi connectivity index (χ1) is 14.6. The molecule has 7 nitrogen and oxygen atoms in total.